The van der Waals surface area contributed by atoms with E-state index < -0.39 is 4.92 Å². The molecule has 0 bridgehead atoms. The zero-order valence-electron chi connectivity index (χ0n) is 14.1. The lowest BCUT2D eigenvalue weighted by Crippen LogP contribution is -2.08. The van der Waals surface area contributed by atoms with E-state index in [0.29, 0.717) is 18.7 Å². The van der Waals surface area contributed by atoms with Crippen molar-refractivity contribution < 1.29 is 14.5 Å². The highest BCUT2D eigenvalue weighted by Gasteiger charge is 2.14. The molecule has 0 saturated heterocycles. The van der Waals surface area contributed by atoms with Gasteiger partial charge in [0.05, 0.1) is 28.3 Å². The number of carbonyl (C=O) groups is 1. The van der Waals surface area contributed by atoms with Gasteiger partial charge < -0.3 is 9.30 Å². The molecule has 0 unspecified atom stereocenters. The Labute approximate surface area is 154 Å². The summed E-state index contributed by atoms with van der Waals surface area (Å²) in [5.41, 5.74) is 2.28. The van der Waals surface area contributed by atoms with Crippen molar-refractivity contribution in [2.24, 2.45) is 0 Å². The lowest BCUT2D eigenvalue weighted by atomic mass is 10.1. The molecule has 8 heteroatoms. The van der Waals surface area contributed by atoms with Crippen LogP contribution < -0.4 is 0 Å². The van der Waals surface area contributed by atoms with E-state index >= 15 is 0 Å². The van der Waals surface area contributed by atoms with Gasteiger partial charge in [-0.3, -0.25) is 14.9 Å². The molecule has 0 aliphatic heterocycles. The summed E-state index contributed by atoms with van der Waals surface area (Å²) < 4.78 is 7.20. The van der Waals surface area contributed by atoms with Crippen LogP contribution in [0.25, 0.3) is 11.0 Å². The predicted molar refractivity (Wildman–Crippen MR) is 99.8 cm³/mol. The average Bonchev–Trinajstić information content (AvgIpc) is 3.02. The molecule has 3 rings (SSSR count). The SMILES string of the molecule is COCCn1c(SCC(=O)c2ccc([N+](=O)[O-])cc2)nc2ccccc21. The standard InChI is InChI=1S/C18H17N3O4S/c1-25-11-10-20-16-5-3-2-4-15(16)19-18(20)26-12-17(22)13-6-8-14(9-7-13)21(23)24/h2-9H,10-12H2,1H3. The van der Waals surface area contributed by atoms with Gasteiger partial charge in [-0.1, -0.05) is 23.9 Å². The summed E-state index contributed by atoms with van der Waals surface area (Å²) in [6.07, 6.45) is 0. The minimum absolute atomic E-state index is 0.0319. The number of para-hydroxylation sites is 2. The third kappa shape index (κ3) is 3.92. The second kappa shape index (κ2) is 8.11. The lowest BCUT2D eigenvalue weighted by Gasteiger charge is -2.08. The Morgan fingerprint density at radius 1 is 1.23 bits per heavy atom. The zero-order chi connectivity index (χ0) is 18.5. The van der Waals surface area contributed by atoms with Crippen molar-refractivity contribution in [1.29, 1.82) is 0 Å². The van der Waals surface area contributed by atoms with Gasteiger partial charge in [0.2, 0.25) is 0 Å². The largest absolute Gasteiger partial charge is 0.383 e. The maximum absolute atomic E-state index is 12.4. The van der Waals surface area contributed by atoms with Crippen LogP contribution in [0.15, 0.2) is 53.7 Å². The molecule has 134 valence electrons. The molecule has 0 radical (unpaired) electrons. The van der Waals surface area contributed by atoms with Gasteiger partial charge in [0.1, 0.15) is 0 Å². The van der Waals surface area contributed by atoms with Crippen molar-refractivity contribution in [3.05, 3.63) is 64.2 Å². The molecule has 0 aliphatic rings. The molecule has 1 heterocycles. The van der Waals surface area contributed by atoms with E-state index in [1.54, 1.807) is 7.11 Å². The number of carbonyl (C=O) groups excluding carboxylic acids is 1. The number of methoxy groups -OCH3 is 1. The molecule has 0 amide bonds. The smallest absolute Gasteiger partial charge is 0.269 e. The normalized spacial score (nSPS) is 11.0. The second-order valence-corrected chi connectivity index (χ2v) is 6.49. The number of hydrogen-bond donors (Lipinski definition) is 0. The van der Waals surface area contributed by atoms with Crippen LogP contribution in [0.3, 0.4) is 0 Å². The first-order valence-corrected chi connectivity index (χ1v) is 8.93. The molecule has 2 aromatic carbocycles. The first-order valence-electron chi connectivity index (χ1n) is 7.95. The van der Waals surface area contributed by atoms with Gasteiger partial charge in [0.15, 0.2) is 10.9 Å². The zero-order valence-corrected chi connectivity index (χ0v) is 14.9. The second-order valence-electron chi connectivity index (χ2n) is 5.54. The summed E-state index contributed by atoms with van der Waals surface area (Å²) in [6, 6.07) is 13.4. The van der Waals surface area contributed by atoms with Crippen molar-refractivity contribution >= 4 is 34.3 Å². The van der Waals surface area contributed by atoms with Crippen LogP contribution in [0.4, 0.5) is 5.69 Å². The number of aromatic nitrogens is 2. The van der Waals surface area contributed by atoms with Crippen molar-refractivity contribution in [2.75, 3.05) is 19.5 Å². The molecule has 0 aliphatic carbocycles. The monoisotopic (exact) mass is 371 g/mol. The molecule has 1 aromatic heterocycles. The summed E-state index contributed by atoms with van der Waals surface area (Å²) in [7, 11) is 1.64. The fraction of sp³-hybridized carbons (Fsp3) is 0.222. The number of non-ortho nitro benzene ring substituents is 1. The van der Waals surface area contributed by atoms with Crippen molar-refractivity contribution in [1.82, 2.24) is 9.55 Å². The average molecular weight is 371 g/mol. The molecule has 3 aromatic rings. The molecule has 7 nitrogen and oxygen atoms in total. The van der Waals surface area contributed by atoms with Crippen LogP contribution in [0.1, 0.15) is 10.4 Å². The number of hydrogen-bond acceptors (Lipinski definition) is 6. The van der Waals surface area contributed by atoms with Gasteiger partial charge in [-0.25, -0.2) is 4.98 Å². The number of nitro benzene ring substituents is 1. The maximum atomic E-state index is 12.4. The number of nitrogens with zero attached hydrogens (tertiary/aromatic N) is 3. The number of rotatable bonds is 8. The van der Waals surface area contributed by atoms with E-state index in [1.165, 1.54) is 36.0 Å². The minimum Gasteiger partial charge on any atom is -0.383 e. The van der Waals surface area contributed by atoms with E-state index in [1.807, 2.05) is 28.8 Å². The van der Waals surface area contributed by atoms with Crippen LogP contribution in [-0.4, -0.2) is 39.7 Å². The fourth-order valence-corrected chi connectivity index (χ4v) is 3.48. The molecule has 26 heavy (non-hydrogen) atoms. The summed E-state index contributed by atoms with van der Waals surface area (Å²) in [4.78, 5) is 27.2. The summed E-state index contributed by atoms with van der Waals surface area (Å²) in [6.45, 7) is 1.19. The molecular formula is C18H17N3O4S. The number of Topliss-reactive ketones (excluding diaryl/α,β-unsaturated/α-hetero) is 1. The van der Waals surface area contributed by atoms with E-state index in [-0.39, 0.29) is 17.2 Å². The maximum Gasteiger partial charge on any atom is 0.269 e. The lowest BCUT2D eigenvalue weighted by molar-refractivity contribution is -0.384. The van der Waals surface area contributed by atoms with Gasteiger partial charge >= 0.3 is 0 Å². The van der Waals surface area contributed by atoms with Gasteiger partial charge in [-0.15, -0.1) is 0 Å². The Hall–Kier alpha value is -2.71. The quantitative estimate of drug-likeness (QED) is 0.260. The highest BCUT2D eigenvalue weighted by atomic mass is 32.2. The van der Waals surface area contributed by atoms with Crippen molar-refractivity contribution in [3.63, 3.8) is 0 Å². The van der Waals surface area contributed by atoms with Gasteiger partial charge in [-0.05, 0) is 24.3 Å². The van der Waals surface area contributed by atoms with Crippen LogP contribution in [-0.2, 0) is 11.3 Å². The molecule has 0 atom stereocenters. The van der Waals surface area contributed by atoms with Gasteiger partial charge in [-0.2, -0.15) is 0 Å². The summed E-state index contributed by atoms with van der Waals surface area (Å²) >= 11 is 1.35. The topological polar surface area (TPSA) is 87.3 Å². The number of ether oxygens (including phenoxy) is 1. The highest BCUT2D eigenvalue weighted by Crippen LogP contribution is 2.25. The van der Waals surface area contributed by atoms with Crippen molar-refractivity contribution in [3.8, 4) is 0 Å². The highest BCUT2D eigenvalue weighted by molar-refractivity contribution is 7.99. The fourth-order valence-electron chi connectivity index (χ4n) is 2.54. The first kappa shape index (κ1) is 18.1. The first-order chi connectivity index (χ1) is 12.6. The van der Waals surface area contributed by atoms with Crippen LogP contribution in [0.2, 0.25) is 0 Å². The number of imidazole rings is 1. The Morgan fingerprint density at radius 2 is 1.96 bits per heavy atom. The summed E-state index contributed by atoms with van der Waals surface area (Å²) in [5.74, 6) is 0.101. The molecule has 0 N–H and O–H groups in total. The molecule has 0 spiro atoms. The minimum atomic E-state index is -0.485. The van der Waals surface area contributed by atoms with Crippen LogP contribution in [0.5, 0.6) is 0 Å². The predicted octanol–water partition coefficient (Wildman–Crippen LogP) is 3.57. The Balaban J connectivity index is 1.76. The Morgan fingerprint density at radius 3 is 2.65 bits per heavy atom. The van der Waals surface area contributed by atoms with Crippen LogP contribution >= 0.6 is 11.8 Å². The Kier molecular flexibility index (Phi) is 5.65. The third-order valence-corrected chi connectivity index (χ3v) is 4.85. The number of ketones is 1. The van der Waals surface area contributed by atoms with E-state index in [9.17, 15) is 14.9 Å². The Bertz CT molecular complexity index is 937. The number of fused-ring (bicyclic) bond motifs is 1. The van der Waals surface area contributed by atoms with Gasteiger partial charge in [0.25, 0.3) is 5.69 Å². The van der Waals surface area contributed by atoms with E-state index in [0.717, 1.165) is 16.2 Å². The molecular weight excluding hydrogens is 354 g/mol. The van der Waals surface area contributed by atoms with Crippen LogP contribution in [0, 0.1) is 10.1 Å². The number of thioether (sulfide) groups is 1. The number of benzene rings is 2. The number of nitro groups is 1. The van der Waals surface area contributed by atoms with E-state index in [2.05, 4.69) is 4.98 Å². The van der Waals surface area contributed by atoms with Crippen molar-refractivity contribution in [2.45, 2.75) is 11.7 Å². The third-order valence-electron chi connectivity index (χ3n) is 3.87. The van der Waals surface area contributed by atoms with Gasteiger partial charge in [0, 0.05) is 31.4 Å². The molecule has 0 fully saturated rings. The van der Waals surface area contributed by atoms with E-state index in [4.69, 9.17) is 4.74 Å². The molecule has 0 saturated carbocycles. The summed E-state index contributed by atoms with van der Waals surface area (Å²) in [5, 5.41) is 11.4.